The molecule has 1 amide bonds. The SMILES string of the molecule is COc1cc2c(cc1OC)CN(C[C@H]1O[C@@H](c3ccc(CNC(=O)[C@H](C)OC(C)=O)cc3)O[C@@H](c3ccc(CO)cc3)[C@H]1C)CC2. The number of hydrogen-bond donors (Lipinski definition) is 2. The minimum atomic E-state index is -0.860. The van der Waals surface area contributed by atoms with Crippen LogP contribution in [0.1, 0.15) is 66.5 Å². The van der Waals surface area contributed by atoms with Crippen LogP contribution in [0.2, 0.25) is 0 Å². The maximum Gasteiger partial charge on any atom is 0.303 e. The van der Waals surface area contributed by atoms with Crippen molar-refractivity contribution in [2.75, 3.05) is 27.3 Å². The van der Waals surface area contributed by atoms with E-state index in [1.54, 1.807) is 21.1 Å². The van der Waals surface area contributed by atoms with E-state index >= 15 is 0 Å². The fraction of sp³-hybridized carbons (Fsp3) is 0.444. The molecule has 10 heteroatoms. The highest BCUT2D eigenvalue weighted by molar-refractivity contribution is 5.82. The number of carbonyl (C=O) groups excluding carboxylic acids is 2. The van der Waals surface area contributed by atoms with Crippen LogP contribution in [0.25, 0.3) is 0 Å². The van der Waals surface area contributed by atoms with Crippen LogP contribution < -0.4 is 14.8 Å². The second-order valence-corrected chi connectivity index (χ2v) is 12.0. The zero-order valence-corrected chi connectivity index (χ0v) is 27.2. The van der Waals surface area contributed by atoms with Gasteiger partial charge in [-0.3, -0.25) is 14.5 Å². The summed E-state index contributed by atoms with van der Waals surface area (Å²) >= 11 is 0. The number of nitrogens with zero attached hydrogens (tertiary/aromatic N) is 1. The second-order valence-electron chi connectivity index (χ2n) is 12.0. The number of esters is 1. The highest BCUT2D eigenvalue weighted by atomic mass is 16.7. The molecular weight excluding hydrogens is 588 g/mol. The molecule has 2 aliphatic heterocycles. The number of nitrogens with one attached hydrogen (secondary N) is 1. The Morgan fingerprint density at radius 3 is 2.22 bits per heavy atom. The Balaban J connectivity index is 1.32. The summed E-state index contributed by atoms with van der Waals surface area (Å²) in [7, 11) is 3.32. The number of aliphatic hydroxyl groups is 1. The number of benzene rings is 3. The standard InChI is InChI=1S/C36H44N2O8/c1-22-33(20-38-15-14-29-16-31(42-4)32(43-5)17-30(29)19-38)45-36(46-34(22)27-10-8-26(21-39)9-11-27)28-12-6-25(7-13-28)18-37-35(41)23(2)44-24(3)40/h6-13,16-17,22-23,33-34,36,39H,14-15,18-21H2,1-5H3,(H,37,41)/t22-,23-,33+,34+,36+/m0/s1. The van der Waals surface area contributed by atoms with Gasteiger partial charge in [-0.1, -0.05) is 55.5 Å². The predicted molar refractivity (Wildman–Crippen MR) is 171 cm³/mol. The molecule has 0 radical (unpaired) electrons. The first-order valence-electron chi connectivity index (χ1n) is 15.7. The molecule has 2 N–H and O–H groups in total. The molecule has 5 rings (SSSR count). The minimum absolute atomic E-state index is 0.0156. The van der Waals surface area contributed by atoms with Gasteiger partial charge in [-0.05, 0) is 53.3 Å². The average molecular weight is 633 g/mol. The molecule has 5 atom stereocenters. The number of aliphatic hydroxyl groups excluding tert-OH is 1. The molecule has 2 heterocycles. The van der Waals surface area contributed by atoms with Crippen molar-refractivity contribution in [2.45, 2.75) is 71.5 Å². The maximum atomic E-state index is 12.3. The fourth-order valence-electron chi connectivity index (χ4n) is 6.11. The Hall–Kier alpha value is -3.96. The highest BCUT2D eigenvalue weighted by Gasteiger charge is 2.39. The third-order valence-corrected chi connectivity index (χ3v) is 8.79. The molecule has 1 saturated heterocycles. The lowest BCUT2D eigenvalue weighted by molar-refractivity contribution is -0.276. The van der Waals surface area contributed by atoms with Gasteiger partial charge in [0.15, 0.2) is 23.9 Å². The zero-order valence-electron chi connectivity index (χ0n) is 27.2. The van der Waals surface area contributed by atoms with Crippen molar-refractivity contribution in [1.29, 1.82) is 0 Å². The van der Waals surface area contributed by atoms with Gasteiger partial charge in [0, 0.05) is 44.6 Å². The van der Waals surface area contributed by atoms with E-state index in [4.69, 9.17) is 23.7 Å². The number of rotatable bonds is 11. The summed E-state index contributed by atoms with van der Waals surface area (Å²) in [6, 6.07) is 19.8. The van der Waals surface area contributed by atoms with Crippen molar-refractivity contribution in [2.24, 2.45) is 5.92 Å². The van der Waals surface area contributed by atoms with Gasteiger partial charge >= 0.3 is 5.97 Å². The first kappa shape index (κ1) is 33.4. The summed E-state index contributed by atoms with van der Waals surface area (Å²) in [6.45, 7) is 7.66. The number of ether oxygens (including phenoxy) is 5. The summed E-state index contributed by atoms with van der Waals surface area (Å²) in [6.07, 6.45) is -0.899. The monoisotopic (exact) mass is 632 g/mol. The Kier molecular flexibility index (Phi) is 11.0. The number of methoxy groups -OCH3 is 2. The molecule has 0 spiro atoms. The molecule has 2 aliphatic rings. The number of amides is 1. The van der Waals surface area contributed by atoms with Crippen LogP contribution in [0.5, 0.6) is 11.5 Å². The molecular formula is C36H44N2O8. The van der Waals surface area contributed by atoms with Gasteiger partial charge in [0.2, 0.25) is 0 Å². The van der Waals surface area contributed by atoms with Crippen LogP contribution in [0.15, 0.2) is 60.7 Å². The van der Waals surface area contributed by atoms with Crippen LogP contribution in [0.3, 0.4) is 0 Å². The van der Waals surface area contributed by atoms with Crippen molar-refractivity contribution in [1.82, 2.24) is 10.2 Å². The Labute approximate surface area is 270 Å². The van der Waals surface area contributed by atoms with Crippen LogP contribution in [-0.4, -0.2) is 61.4 Å². The van der Waals surface area contributed by atoms with Crippen LogP contribution >= 0.6 is 0 Å². The van der Waals surface area contributed by atoms with Gasteiger partial charge in [0.25, 0.3) is 5.91 Å². The molecule has 0 unspecified atom stereocenters. The first-order valence-corrected chi connectivity index (χ1v) is 15.7. The smallest absolute Gasteiger partial charge is 0.303 e. The molecule has 3 aromatic carbocycles. The largest absolute Gasteiger partial charge is 0.493 e. The quantitative estimate of drug-likeness (QED) is 0.293. The first-order chi connectivity index (χ1) is 22.2. The van der Waals surface area contributed by atoms with Gasteiger partial charge in [-0.2, -0.15) is 0 Å². The molecule has 1 fully saturated rings. The van der Waals surface area contributed by atoms with E-state index in [9.17, 15) is 14.7 Å². The molecule has 246 valence electrons. The molecule has 0 aliphatic carbocycles. The second kappa shape index (κ2) is 15.1. The highest BCUT2D eigenvalue weighted by Crippen LogP contribution is 2.42. The molecule has 0 saturated carbocycles. The lowest BCUT2D eigenvalue weighted by atomic mass is 9.89. The van der Waals surface area contributed by atoms with Gasteiger partial charge in [-0.25, -0.2) is 0 Å². The Bertz CT molecular complexity index is 1490. The van der Waals surface area contributed by atoms with E-state index in [1.807, 2.05) is 48.5 Å². The Morgan fingerprint density at radius 1 is 0.957 bits per heavy atom. The topological polar surface area (TPSA) is 116 Å². The summed E-state index contributed by atoms with van der Waals surface area (Å²) in [5.74, 6) is 0.673. The van der Waals surface area contributed by atoms with Crippen LogP contribution in [-0.2, 0) is 49.9 Å². The van der Waals surface area contributed by atoms with Crippen LogP contribution in [0, 0.1) is 5.92 Å². The summed E-state index contributed by atoms with van der Waals surface area (Å²) < 4.78 is 29.4. The number of hydrogen-bond acceptors (Lipinski definition) is 9. The van der Waals surface area contributed by atoms with E-state index in [1.165, 1.54) is 18.1 Å². The van der Waals surface area contributed by atoms with E-state index in [-0.39, 0.29) is 30.6 Å². The summed E-state index contributed by atoms with van der Waals surface area (Å²) in [4.78, 5) is 25.9. The molecule has 46 heavy (non-hydrogen) atoms. The van der Waals surface area contributed by atoms with E-state index in [0.29, 0.717) is 6.54 Å². The number of fused-ring (bicyclic) bond motifs is 1. The zero-order chi connectivity index (χ0) is 32.8. The van der Waals surface area contributed by atoms with Crippen molar-refractivity contribution in [3.63, 3.8) is 0 Å². The van der Waals surface area contributed by atoms with Crippen molar-refractivity contribution < 1.29 is 38.4 Å². The lowest BCUT2D eigenvalue weighted by Crippen LogP contribution is -2.45. The maximum absolute atomic E-state index is 12.3. The van der Waals surface area contributed by atoms with Crippen molar-refractivity contribution >= 4 is 11.9 Å². The van der Waals surface area contributed by atoms with Crippen molar-refractivity contribution in [3.05, 3.63) is 94.0 Å². The average Bonchev–Trinajstić information content (AvgIpc) is 3.07. The fourth-order valence-corrected chi connectivity index (χ4v) is 6.11. The Morgan fingerprint density at radius 2 is 1.59 bits per heavy atom. The number of carbonyl (C=O) groups is 2. The molecule has 3 aromatic rings. The summed E-state index contributed by atoms with van der Waals surface area (Å²) in [5, 5.41) is 12.4. The minimum Gasteiger partial charge on any atom is -0.493 e. The van der Waals surface area contributed by atoms with E-state index < -0.39 is 18.4 Å². The predicted octanol–water partition coefficient (Wildman–Crippen LogP) is 4.61. The molecule has 0 aromatic heterocycles. The van der Waals surface area contributed by atoms with Gasteiger partial charge in [0.1, 0.15) is 0 Å². The van der Waals surface area contributed by atoms with Gasteiger partial charge < -0.3 is 34.1 Å². The summed E-state index contributed by atoms with van der Waals surface area (Å²) in [5.41, 5.74) is 6.14. The van der Waals surface area contributed by atoms with E-state index in [2.05, 4.69) is 29.3 Å². The third-order valence-electron chi connectivity index (χ3n) is 8.79. The normalized spacial score (nSPS) is 22.0. The molecule has 0 bridgehead atoms. The van der Waals surface area contributed by atoms with E-state index in [0.717, 1.165) is 59.8 Å². The van der Waals surface area contributed by atoms with Gasteiger partial charge in [-0.15, -0.1) is 0 Å². The van der Waals surface area contributed by atoms with Crippen LogP contribution in [0.4, 0.5) is 0 Å². The molecule has 10 nitrogen and oxygen atoms in total. The van der Waals surface area contributed by atoms with Gasteiger partial charge in [0.05, 0.1) is 33.0 Å². The third kappa shape index (κ3) is 7.87. The van der Waals surface area contributed by atoms with Crippen molar-refractivity contribution in [3.8, 4) is 11.5 Å². The lowest BCUT2D eigenvalue weighted by Gasteiger charge is -2.43.